The molecule has 0 atom stereocenters. The maximum atomic E-state index is 10.2. The molecule has 0 aromatic heterocycles. The van der Waals surface area contributed by atoms with Gasteiger partial charge in [0, 0.05) is 0 Å². The van der Waals surface area contributed by atoms with Crippen molar-refractivity contribution in [2.45, 2.75) is 51.7 Å². The second-order valence-electron chi connectivity index (χ2n) is 4.19. The van der Waals surface area contributed by atoms with Gasteiger partial charge < -0.3 is 10.1 Å². The molecular formula is C8H17NaO4. The summed E-state index contributed by atoms with van der Waals surface area (Å²) >= 11 is 0. The molecule has 0 bridgehead atoms. The number of rotatable bonds is 5. The smallest absolute Gasteiger partial charge is 0.723 e. The monoisotopic (exact) mass is 200 g/mol. The van der Waals surface area contributed by atoms with Gasteiger partial charge in [-0.05, 0) is 40.5 Å². The molecule has 0 spiro atoms. The molecular weight excluding hydrogens is 183 g/mol. The van der Waals surface area contributed by atoms with Crippen LogP contribution in [0, 0.1) is 0 Å². The van der Waals surface area contributed by atoms with E-state index < -0.39 is 11.2 Å². The van der Waals surface area contributed by atoms with Crippen LogP contribution in [0.3, 0.4) is 0 Å². The molecule has 0 aliphatic rings. The molecule has 0 aliphatic carbocycles. The Morgan fingerprint density at radius 1 is 1.08 bits per heavy atom. The van der Waals surface area contributed by atoms with Crippen molar-refractivity contribution >= 4 is 0 Å². The first kappa shape index (κ1) is 16.3. The summed E-state index contributed by atoms with van der Waals surface area (Å²) in [5.74, 6) is 0. The summed E-state index contributed by atoms with van der Waals surface area (Å²) in [6.45, 7) is 6.89. The molecule has 1 N–H and O–H groups in total. The Kier molecular flexibility index (Phi) is 7.95. The molecule has 0 amide bonds. The largest absolute Gasteiger partial charge is 1.00 e. The van der Waals surface area contributed by atoms with E-state index in [0.717, 1.165) is 0 Å². The standard InChI is InChI=1S/C8H18O4.Na/c1-7(2,11-9)5-6-8(3,4)12-10;/h9-10H,5-6H2,1-4H3;/q;+1/p-1. The summed E-state index contributed by atoms with van der Waals surface area (Å²) in [6, 6.07) is 0. The minimum Gasteiger partial charge on any atom is -0.723 e. The zero-order chi connectivity index (χ0) is 9.83. The van der Waals surface area contributed by atoms with Crippen molar-refractivity contribution in [1.82, 2.24) is 0 Å². The van der Waals surface area contributed by atoms with E-state index in [1.54, 1.807) is 27.7 Å². The molecule has 4 nitrogen and oxygen atoms in total. The maximum absolute atomic E-state index is 10.2. The Hall–Kier alpha value is 0.840. The van der Waals surface area contributed by atoms with Gasteiger partial charge in [0.05, 0.1) is 11.2 Å². The summed E-state index contributed by atoms with van der Waals surface area (Å²) in [6.07, 6.45) is 1.11. The fraction of sp³-hybridized carbons (Fsp3) is 1.00. The molecule has 0 rings (SSSR count). The first-order chi connectivity index (χ1) is 5.33. The molecule has 0 aromatic rings. The van der Waals surface area contributed by atoms with E-state index >= 15 is 0 Å². The van der Waals surface area contributed by atoms with Crippen LogP contribution in [-0.4, -0.2) is 16.5 Å². The van der Waals surface area contributed by atoms with Gasteiger partial charge in [0.15, 0.2) is 0 Å². The third kappa shape index (κ3) is 7.88. The molecule has 5 heteroatoms. The Labute approximate surface area is 101 Å². The molecule has 74 valence electrons. The molecule has 0 aromatic carbocycles. The molecule has 0 fully saturated rings. The minimum atomic E-state index is -0.699. The van der Waals surface area contributed by atoms with E-state index in [1.165, 1.54) is 0 Å². The Morgan fingerprint density at radius 2 is 1.46 bits per heavy atom. The molecule has 0 heterocycles. The van der Waals surface area contributed by atoms with Gasteiger partial charge in [-0.2, -0.15) is 0 Å². The molecule has 0 saturated heterocycles. The Morgan fingerprint density at radius 3 is 1.77 bits per heavy atom. The van der Waals surface area contributed by atoms with Crippen molar-refractivity contribution in [2.24, 2.45) is 0 Å². The van der Waals surface area contributed by atoms with Crippen molar-refractivity contribution in [2.75, 3.05) is 0 Å². The van der Waals surface area contributed by atoms with E-state index in [2.05, 4.69) is 9.78 Å². The van der Waals surface area contributed by atoms with Gasteiger partial charge >= 0.3 is 29.6 Å². The van der Waals surface area contributed by atoms with Crippen LogP contribution in [0.25, 0.3) is 0 Å². The van der Waals surface area contributed by atoms with E-state index in [0.29, 0.717) is 12.8 Å². The van der Waals surface area contributed by atoms with Crippen LogP contribution in [0.5, 0.6) is 0 Å². The average Bonchev–Trinajstić information content (AvgIpc) is 2.02. The number of hydrogen-bond acceptors (Lipinski definition) is 4. The fourth-order valence-electron chi connectivity index (χ4n) is 0.689. The molecule has 0 aliphatic heterocycles. The van der Waals surface area contributed by atoms with Crippen molar-refractivity contribution in [3.8, 4) is 0 Å². The SMILES string of the molecule is CC(C)(CCC(C)(C)OO)O[O-].[Na+]. The van der Waals surface area contributed by atoms with Crippen LogP contribution in [0.1, 0.15) is 40.5 Å². The van der Waals surface area contributed by atoms with Crippen LogP contribution in [0.2, 0.25) is 0 Å². The predicted molar refractivity (Wildman–Crippen MR) is 42.2 cm³/mol. The average molecular weight is 200 g/mol. The van der Waals surface area contributed by atoms with E-state index in [4.69, 9.17) is 5.26 Å². The van der Waals surface area contributed by atoms with Gasteiger partial charge in [-0.15, -0.1) is 0 Å². The molecule has 0 saturated carbocycles. The van der Waals surface area contributed by atoms with Crippen molar-refractivity contribution < 1.29 is 49.8 Å². The molecule has 13 heavy (non-hydrogen) atoms. The Balaban J connectivity index is 0. The van der Waals surface area contributed by atoms with E-state index in [9.17, 15) is 5.26 Å². The van der Waals surface area contributed by atoms with Gasteiger partial charge in [0.2, 0.25) is 0 Å². The normalized spacial score (nSPS) is 12.5. The van der Waals surface area contributed by atoms with E-state index in [-0.39, 0.29) is 29.6 Å². The first-order valence-corrected chi connectivity index (χ1v) is 3.96. The van der Waals surface area contributed by atoms with Gasteiger partial charge in [-0.25, -0.2) is 4.89 Å². The topological polar surface area (TPSA) is 61.8 Å². The van der Waals surface area contributed by atoms with Gasteiger partial charge in [0.25, 0.3) is 0 Å². The quantitative estimate of drug-likeness (QED) is 0.320. The maximum Gasteiger partial charge on any atom is 1.00 e. The third-order valence-electron chi connectivity index (χ3n) is 1.80. The van der Waals surface area contributed by atoms with Crippen LogP contribution in [0.15, 0.2) is 0 Å². The van der Waals surface area contributed by atoms with Gasteiger partial charge in [-0.1, -0.05) is 0 Å². The van der Waals surface area contributed by atoms with Crippen molar-refractivity contribution in [3.05, 3.63) is 0 Å². The van der Waals surface area contributed by atoms with Crippen molar-refractivity contribution in [3.63, 3.8) is 0 Å². The first-order valence-electron chi connectivity index (χ1n) is 3.96. The molecule has 0 radical (unpaired) electrons. The van der Waals surface area contributed by atoms with Gasteiger partial charge in [0.1, 0.15) is 0 Å². The Bertz CT molecular complexity index is 120. The van der Waals surface area contributed by atoms with Crippen LogP contribution in [-0.2, 0) is 9.78 Å². The second kappa shape index (κ2) is 6.35. The zero-order valence-corrected chi connectivity index (χ0v) is 11.1. The summed E-state index contributed by atoms with van der Waals surface area (Å²) in [5, 5.41) is 18.6. The summed E-state index contributed by atoms with van der Waals surface area (Å²) in [5.41, 5.74) is -1.31. The summed E-state index contributed by atoms with van der Waals surface area (Å²) < 4.78 is 0. The predicted octanol–water partition coefficient (Wildman–Crippen LogP) is -1.89. The van der Waals surface area contributed by atoms with Crippen LogP contribution >= 0.6 is 0 Å². The summed E-state index contributed by atoms with van der Waals surface area (Å²) in [4.78, 5) is 8.21. The van der Waals surface area contributed by atoms with Crippen molar-refractivity contribution in [1.29, 1.82) is 0 Å². The van der Waals surface area contributed by atoms with E-state index in [1.807, 2.05) is 0 Å². The summed E-state index contributed by atoms with van der Waals surface area (Å²) in [7, 11) is 0. The van der Waals surface area contributed by atoms with Gasteiger partial charge in [-0.3, -0.25) is 5.26 Å². The second-order valence-corrected chi connectivity index (χ2v) is 4.19. The van der Waals surface area contributed by atoms with Crippen LogP contribution in [0.4, 0.5) is 0 Å². The molecule has 0 unspecified atom stereocenters. The minimum absolute atomic E-state index is 0. The fourth-order valence-corrected chi connectivity index (χ4v) is 0.689. The number of hydrogen-bond donors (Lipinski definition) is 1. The van der Waals surface area contributed by atoms with Crippen LogP contribution < -0.4 is 34.8 Å². The third-order valence-corrected chi connectivity index (χ3v) is 1.80. The zero-order valence-electron chi connectivity index (χ0n) is 9.09.